The number of hydrogen-bond acceptors (Lipinski definition) is 6. The number of hydrogen-bond donors (Lipinski definition) is 1. The Morgan fingerprint density at radius 1 is 0.966 bits per heavy atom. The Morgan fingerprint density at radius 3 is 2.55 bits per heavy atom. The van der Waals surface area contributed by atoms with Crippen molar-refractivity contribution in [1.82, 2.24) is 4.98 Å². The molecule has 1 aromatic heterocycles. The summed E-state index contributed by atoms with van der Waals surface area (Å²) < 4.78 is 16.3. The van der Waals surface area contributed by atoms with Crippen molar-refractivity contribution in [3.63, 3.8) is 0 Å². The highest BCUT2D eigenvalue weighted by molar-refractivity contribution is 5.84. The summed E-state index contributed by atoms with van der Waals surface area (Å²) in [5.74, 6) is 1.70. The molecule has 0 bridgehead atoms. The average Bonchev–Trinajstić information content (AvgIpc) is 3.14. The molecule has 6 heteroatoms. The van der Waals surface area contributed by atoms with Crippen molar-refractivity contribution in [3.05, 3.63) is 65.7 Å². The van der Waals surface area contributed by atoms with E-state index in [2.05, 4.69) is 9.98 Å². The molecule has 0 aliphatic rings. The van der Waals surface area contributed by atoms with Gasteiger partial charge in [0.25, 0.3) is 0 Å². The first-order chi connectivity index (χ1) is 14.1. The molecule has 0 radical (unpaired) electrons. The van der Waals surface area contributed by atoms with Crippen LogP contribution in [-0.4, -0.2) is 30.5 Å². The van der Waals surface area contributed by atoms with Crippen molar-refractivity contribution in [3.8, 4) is 28.7 Å². The van der Waals surface area contributed by atoms with Crippen molar-refractivity contribution < 1.29 is 19.0 Å². The number of benzene rings is 3. The van der Waals surface area contributed by atoms with Crippen LogP contribution in [-0.2, 0) is 0 Å². The SMILES string of the molecule is COc1ccc(C=Nc2ccc(-c3nc4ccc(C)cc4o3)c(O)c2)cc1OC. The predicted octanol–water partition coefficient (Wildman–Crippen LogP) is 5.28. The average molecular weight is 388 g/mol. The summed E-state index contributed by atoms with van der Waals surface area (Å²) in [6, 6.07) is 16.4. The standard InChI is InChI=1S/C23H20N2O4/c1-14-4-8-18-21(10-14)29-23(25-18)17-7-6-16(12-19(17)26)24-13-15-5-9-20(27-2)22(11-15)28-3/h4-13,26H,1-3H3. The van der Waals surface area contributed by atoms with Gasteiger partial charge in [0.15, 0.2) is 17.1 Å². The lowest BCUT2D eigenvalue weighted by Gasteiger charge is -2.07. The summed E-state index contributed by atoms with van der Waals surface area (Å²) in [6.07, 6.45) is 1.69. The molecule has 1 N–H and O–H groups in total. The van der Waals surface area contributed by atoms with Crippen LogP contribution < -0.4 is 9.47 Å². The second-order valence-corrected chi connectivity index (χ2v) is 6.56. The molecule has 0 saturated carbocycles. The number of fused-ring (bicyclic) bond motifs is 1. The monoisotopic (exact) mass is 388 g/mol. The minimum atomic E-state index is 0.0511. The largest absolute Gasteiger partial charge is 0.507 e. The van der Waals surface area contributed by atoms with Crippen LogP contribution in [0.4, 0.5) is 5.69 Å². The van der Waals surface area contributed by atoms with Gasteiger partial charge in [-0.3, -0.25) is 4.99 Å². The lowest BCUT2D eigenvalue weighted by atomic mass is 10.1. The zero-order valence-corrected chi connectivity index (χ0v) is 16.3. The smallest absolute Gasteiger partial charge is 0.231 e. The molecule has 6 nitrogen and oxygen atoms in total. The van der Waals surface area contributed by atoms with Crippen molar-refractivity contribution in [2.24, 2.45) is 4.99 Å². The molecule has 0 aliphatic heterocycles. The zero-order valence-electron chi connectivity index (χ0n) is 16.3. The van der Waals surface area contributed by atoms with Crippen molar-refractivity contribution in [2.45, 2.75) is 6.92 Å². The lowest BCUT2D eigenvalue weighted by Crippen LogP contribution is -1.91. The van der Waals surface area contributed by atoms with Crippen molar-refractivity contribution in [1.29, 1.82) is 0 Å². The van der Waals surface area contributed by atoms with Gasteiger partial charge < -0.3 is 19.0 Å². The van der Waals surface area contributed by atoms with E-state index in [9.17, 15) is 5.11 Å². The number of methoxy groups -OCH3 is 2. The maximum atomic E-state index is 10.5. The Bertz CT molecular complexity index is 1210. The second-order valence-electron chi connectivity index (χ2n) is 6.56. The van der Waals surface area contributed by atoms with Gasteiger partial charge in [-0.05, 0) is 60.5 Å². The quantitative estimate of drug-likeness (QED) is 0.471. The minimum absolute atomic E-state index is 0.0511. The third-order valence-corrected chi connectivity index (χ3v) is 4.53. The number of aryl methyl sites for hydroxylation is 1. The fourth-order valence-electron chi connectivity index (χ4n) is 3.01. The molecule has 0 amide bonds. The van der Waals surface area contributed by atoms with Gasteiger partial charge in [0, 0.05) is 12.3 Å². The van der Waals surface area contributed by atoms with Crippen LogP contribution in [0.2, 0.25) is 0 Å². The molecule has 29 heavy (non-hydrogen) atoms. The van der Waals surface area contributed by atoms with Crippen molar-refractivity contribution in [2.75, 3.05) is 14.2 Å². The van der Waals surface area contributed by atoms with Gasteiger partial charge >= 0.3 is 0 Å². The molecule has 146 valence electrons. The van der Waals surface area contributed by atoms with Gasteiger partial charge in [0.05, 0.1) is 25.5 Å². The van der Waals surface area contributed by atoms with Gasteiger partial charge in [0.1, 0.15) is 11.3 Å². The fraction of sp³-hybridized carbons (Fsp3) is 0.130. The highest BCUT2D eigenvalue weighted by Crippen LogP contribution is 2.34. The zero-order chi connectivity index (χ0) is 20.4. The Hall–Kier alpha value is -3.80. The summed E-state index contributed by atoms with van der Waals surface area (Å²) in [7, 11) is 3.18. The maximum Gasteiger partial charge on any atom is 0.231 e. The van der Waals surface area contributed by atoms with E-state index in [1.54, 1.807) is 38.6 Å². The Balaban J connectivity index is 1.60. The Labute approximate surface area is 168 Å². The molecule has 0 fully saturated rings. The number of phenolic OH excluding ortho intramolecular Hbond substituents is 1. The van der Waals surface area contributed by atoms with Gasteiger partial charge in [-0.25, -0.2) is 4.98 Å². The molecule has 0 saturated heterocycles. The van der Waals surface area contributed by atoms with Crippen LogP contribution in [0.3, 0.4) is 0 Å². The summed E-state index contributed by atoms with van der Waals surface area (Å²) >= 11 is 0. The normalized spacial score (nSPS) is 11.3. The molecule has 0 atom stereocenters. The Morgan fingerprint density at radius 2 is 1.79 bits per heavy atom. The van der Waals surface area contributed by atoms with Crippen LogP contribution in [0.15, 0.2) is 64.0 Å². The van der Waals surface area contributed by atoms with Gasteiger partial charge in [-0.15, -0.1) is 0 Å². The molecule has 4 aromatic rings. The number of aliphatic imine (C=N–C) groups is 1. The number of nitrogens with zero attached hydrogens (tertiary/aromatic N) is 2. The number of rotatable bonds is 5. The van der Waals surface area contributed by atoms with Gasteiger partial charge in [0.2, 0.25) is 5.89 Å². The van der Waals surface area contributed by atoms with E-state index in [-0.39, 0.29) is 5.75 Å². The van der Waals surface area contributed by atoms with Gasteiger partial charge in [-0.2, -0.15) is 0 Å². The molecular weight excluding hydrogens is 368 g/mol. The first-order valence-electron chi connectivity index (χ1n) is 9.04. The van der Waals surface area contributed by atoms with Crippen LogP contribution >= 0.6 is 0 Å². The molecular formula is C23H20N2O4. The third kappa shape index (κ3) is 3.78. The molecule has 3 aromatic carbocycles. The molecule has 4 rings (SSSR count). The summed E-state index contributed by atoms with van der Waals surface area (Å²) in [5.41, 5.74) is 4.50. The highest BCUT2D eigenvalue weighted by atomic mass is 16.5. The highest BCUT2D eigenvalue weighted by Gasteiger charge is 2.13. The van der Waals surface area contributed by atoms with Crippen LogP contribution in [0.5, 0.6) is 17.2 Å². The number of phenols is 1. The molecule has 0 unspecified atom stereocenters. The topological polar surface area (TPSA) is 77.1 Å². The molecule has 0 aliphatic carbocycles. The number of aromatic hydroxyl groups is 1. The van der Waals surface area contributed by atoms with E-state index >= 15 is 0 Å². The van der Waals surface area contributed by atoms with E-state index in [4.69, 9.17) is 13.9 Å². The first-order valence-corrected chi connectivity index (χ1v) is 9.04. The summed E-state index contributed by atoms with van der Waals surface area (Å²) in [6.45, 7) is 1.99. The number of ether oxygens (including phenoxy) is 2. The van der Waals surface area contributed by atoms with E-state index in [1.807, 2.05) is 43.3 Å². The van der Waals surface area contributed by atoms with E-state index in [0.29, 0.717) is 34.2 Å². The maximum absolute atomic E-state index is 10.5. The number of oxazole rings is 1. The van der Waals surface area contributed by atoms with Crippen molar-refractivity contribution >= 4 is 23.0 Å². The summed E-state index contributed by atoms with van der Waals surface area (Å²) in [5, 5.41) is 10.5. The van der Waals surface area contributed by atoms with E-state index < -0.39 is 0 Å². The predicted molar refractivity (Wildman–Crippen MR) is 113 cm³/mol. The first kappa shape index (κ1) is 18.6. The van der Waals surface area contributed by atoms with Crippen LogP contribution in [0.1, 0.15) is 11.1 Å². The van der Waals surface area contributed by atoms with Gasteiger partial charge in [-0.1, -0.05) is 6.07 Å². The second kappa shape index (κ2) is 7.67. The third-order valence-electron chi connectivity index (χ3n) is 4.53. The molecule has 1 heterocycles. The van der Waals surface area contributed by atoms with E-state index in [1.165, 1.54) is 0 Å². The lowest BCUT2D eigenvalue weighted by molar-refractivity contribution is 0.355. The summed E-state index contributed by atoms with van der Waals surface area (Å²) in [4.78, 5) is 8.88. The number of aromatic nitrogens is 1. The Kier molecular flexibility index (Phi) is 4.91. The minimum Gasteiger partial charge on any atom is -0.507 e. The van der Waals surface area contributed by atoms with Crippen LogP contribution in [0, 0.1) is 6.92 Å². The van der Waals surface area contributed by atoms with E-state index in [0.717, 1.165) is 16.6 Å². The molecule has 0 spiro atoms. The fourth-order valence-corrected chi connectivity index (χ4v) is 3.01. The van der Waals surface area contributed by atoms with Crippen LogP contribution in [0.25, 0.3) is 22.6 Å².